The van der Waals surface area contributed by atoms with Gasteiger partial charge in [0, 0.05) is 5.56 Å². The van der Waals surface area contributed by atoms with E-state index in [1.807, 2.05) is 36.4 Å². The van der Waals surface area contributed by atoms with Gasteiger partial charge in [-0.3, -0.25) is 14.4 Å². The minimum absolute atomic E-state index is 0.00442. The number of aliphatic hydroxyl groups is 3. The van der Waals surface area contributed by atoms with E-state index < -0.39 is 45.0 Å². The van der Waals surface area contributed by atoms with Gasteiger partial charge in [0.15, 0.2) is 29.4 Å². The summed E-state index contributed by atoms with van der Waals surface area (Å²) in [5, 5.41) is 37.5. The van der Waals surface area contributed by atoms with Crippen molar-refractivity contribution in [3.05, 3.63) is 109 Å². The van der Waals surface area contributed by atoms with E-state index in [0.717, 1.165) is 10.4 Å². The van der Waals surface area contributed by atoms with Crippen molar-refractivity contribution in [3.63, 3.8) is 0 Å². The molecule has 1 fully saturated rings. The molecule has 0 spiro atoms. The average Bonchev–Trinajstić information content (AvgIpc) is 3.65. The number of nitrogens with one attached hydrogen (secondary N) is 1. The Hall–Kier alpha value is -4.63. The first-order chi connectivity index (χ1) is 23.5. The molecule has 12 nitrogen and oxygen atoms in total. The van der Waals surface area contributed by atoms with Crippen molar-refractivity contribution in [1.29, 1.82) is 0 Å². The zero-order valence-electron chi connectivity index (χ0n) is 27.5. The maximum absolute atomic E-state index is 13.1. The first-order valence-electron chi connectivity index (χ1n) is 16.0. The number of hydrogen-bond acceptors (Lipinski definition) is 10. The van der Waals surface area contributed by atoms with Crippen molar-refractivity contribution >= 4 is 48.3 Å². The van der Waals surface area contributed by atoms with Crippen molar-refractivity contribution in [3.8, 4) is 0 Å². The van der Waals surface area contributed by atoms with Crippen LogP contribution >= 0.6 is 0 Å². The summed E-state index contributed by atoms with van der Waals surface area (Å²) in [6, 6.07) is 28.9. The van der Waals surface area contributed by atoms with E-state index in [0.29, 0.717) is 5.56 Å². The highest BCUT2D eigenvalue weighted by atomic mass is 28.4. The van der Waals surface area contributed by atoms with Gasteiger partial charge in [-0.2, -0.15) is 0 Å². The van der Waals surface area contributed by atoms with Crippen LogP contribution in [-0.4, -0.2) is 86.9 Å². The van der Waals surface area contributed by atoms with E-state index in [1.54, 1.807) is 30.3 Å². The first-order valence-corrected chi connectivity index (χ1v) is 17.9. The van der Waals surface area contributed by atoms with Crippen LogP contribution in [0.3, 0.4) is 0 Å². The van der Waals surface area contributed by atoms with Crippen molar-refractivity contribution in [2.75, 3.05) is 11.9 Å². The van der Waals surface area contributed by atoms with E-state index in [-0.39, 0.29) is 40.9 Å². The summed E-state index contributed by atoms with van der Waals surface area (Å²) in [5.41, 5.74) is 0.852. The lowest BCUT2D eigenvalue weighted by atomic mass is 10.1. The summed E-state index contributed by atoms with van der Waals surface area (Å²) < 4.78 is 14.8. The summed E-state index contributed by atoms with van der Waals surface area (Å²) in [4.78, 5) is 30.2. The van der Waals surface area contributed by atoms with Gasteiger partial charge in [-0.1, -0.05) is 99.6 Å². The number of amides is 1. The summed E-state index contributed by atoms with van der Waals surface area (Å²) in [5.74, 6) is -0.169. The Bertz CT molecular complexity index is 1860. The third-order valence-electron chi connectivity index (χ3n) is 8.80. The normalized spacial score (nSPS) is 20.3. The Kier molecular flexibility index (Phi) is 9.83. The van der Waals surface area contributed by atoms with Crippen LogP contribution in [0.1, 0.15) is 43.2 Å². The molecule has 1 aliphatic rings. The lowest BCUT2D eigenvalue weighted by Gasteiger charge is -2.43. The topological polar surface area (TPSA) is 164 Å². The third-order valence-corrected chi connectivity index (χ3v) is 13.8. The highest BCUT2D eigenvalue weighted by Crippen LogP contribution is 2.39. The van der Waals surface area contributed by atoms with Crippen LogP contribution in [0.2, 0.25) is 5.04 Å². The number of rotatable bonds is 11. The predicted octanol–water partition coefficient (Wildman–Crippen LogP) is 2.84. The number of aromatic nitrogens is 4. The van der Waals surface area contributed by atoms with Crippen LogP contribution in [0.25, 0.3) is 11.2 Å². The van der Waals surface area contributed by atoms with E-state index in [2.05, 4.69) is 77.0 Å². The van der Waals surface area contributed by atoms with Gasteiger partial charge in [0.2, 0.25) is 0 Å². The van der Waals surface area contributed by atoms with Gasteiger partial charge in [-0.05, 0) is 34.3 Å². The van der Waals surface area contributed by atoms with Gasteiger partial charge >= 0.3 is 0 Å². The second-order valence-corrected chi connectivity index (χ2v) is 17.3. The molecular formula is C36H40N6O6Si. The largest absolute Gasteiger partial charge is 0.405 e. The molecule has 1 saturated heterocycles. The monoisotopic (exact) mass is 680 g/mol. The molecule has 3 unspecified atom stereocenters. The molecular weight excluding hydrogens is 641 g/mol. The Balaban J connectivity index is 1.33. The summed E-state index contributed by atoms with van der Waals surface area (Å²) in [6.07, 6.45) is -4.54. The summed E-state index contributed by atoms with van der Waals surface area (Å²) in [7, 11) is -2.97. The first kappa shape index (κ1) is 34.2. The maximum Gasteiger partial charge on any atom is 0.261 e. The van der Waals surface area contributed by atoms with Crippen LogP contribution < -0.4 is 15.7 Å². The minimum Gasteiger partial charge on any atom is -0.405 e. The van der Waals surface area contributed by atoms with Crippen molar-refractivity contribution in [1.82, 2.24) is 19.5 Å². The van der Waals surface area contributed by atoms with Crippen LogP contribution in [-0.2, 0) is 15.6 Å². The Morgan fingerprint density at radius 2 is 1.57 bits per heavy atom. The fourth-order valence-corrected chi connectivity index (χ4v) is 11.0. The standard InChI is InChI=1S/C36H40N6O6Si/c1-36(2,3)49(24-16-10-6-11-17-24,25-18-12-7-13-19-25)47-21-26-30(44)31(45)35(48-26)42-22-38-29-32(41-34(46)23-14-8-5-9-15-23)39-27(40-33(29)42)20-28(43)37-4/h5-19,22,26,28,30-31,35,43-45H,4,20-21H2,1-3H3,(H,39,40,41,46)/t26-,28?,30?,31?,35-/m1/s1. The van der Waals surface area contributed by atoms with Gasteiger partial charge < -0.3 is 29.8 Å². The van der Waals surface area contributed by atoms with Crippen molar-refractivity contribution < 1.29 is 29.3 Å². The fourth-order valence-electron chi connectivity index (χ4n) is 6.39. The smallest absolute Gasteiger partial charge is 0.261 e. The van der Waals surface area contributed by atoms with Crippen molar-refractivity contribution in [2.45, 2.75) is 63.0 Å². The number of carbonyl (C=O) groups excluding carboxylic acids is 1. The SMILES string of the molecule is C=NC(O)Cc1nc(NC(=O)c2ccccc2)c2ncn([C@@H]3O[C@H](CO[Si](c4ccccc4)(c4ccccc4)C(C)(C)C)C(O)C3O)c2n1. The highest BCUT2D eigenvalue weighted by Gasteiger charge is 2.52. The molecule has 3 aromatic carbocycles. The molecule has 2 aromatic heterocycles. The second kappa shape index (κ2) is 14.1. The lowest BCUT2D eigenvalue weighted by Crippen LogP contribution is -2.67. The summed E-state index contributed by atoms with van der Waals surface area (Å²) >= 11 is 0. The zero-order chi connectivity index (χ0) is 34.8. The van der Waals surface area contributed by atoms with E-state index in [1.165, 1.54) is 10.9 Å². The van der Waals surface area contributed by atoms with Crippen LogP contribution in [0.5, 0.6) is 0 Å². The van der Waals surface area contributed by atoms with Crippen LogP contribution in [0.15, 0.2) is 102 Å². The van der Waals surface area contributed by atoms with Crippen LogP contribution in [0, 0.1) is 0 Å². The maximum atomic E-state index is 13.1. The fraction of sp³-hybridized carbons (Fsp3) is 0.306. The van der Waals surface area contributed by atoms with Crippen molar-refractivity contribution in [2.24, 2.45) is 4.99 Å². The molecule has 254 valence electrons. The molecule has 6 rings (SSSR count). The van der Waals surface area contributed by atoms with Gasteiger partial charge in [0.05, 0.1) is 19.4 Å². The number of aliphatic hydroxyl groups excluding tert-OH is 3. The number of ether oxygens (including phenoxy) is 1. The molecule has 5 aromatic rings. The lowest BCUT2D eigenvalue weighted by molar-refractivity contribution is -0.0486. The quantitative estimate of drug-likeness (QED) is 0.121. The molecule has 49 heavy (non-hydrogen) atoms. The third kappa shape index (κ3) is 6.68. The van der Waals surface area contributed by atoms with E-state index in [4.69, 9.17) is 9.16 Å². The second-order valence-electron chi connectivity index (χ2n) is 13.0. The van der Waals surface area contributed by atoms with Crippen LogP contribution in [0.4, 0.5) is 5.82 Å². The molecule has 0 saturated carbocycles. The minimum atomic E-state index is -2.97. The highest BCUT2D eigenvalue weighted by molar-refractivity contribution is 6.99. The molecule has 4 N–H and O–H groups in total. The number of fused-ring (bicyclic) bond motifs is 1. The number of aliphatic imine (C=N–C) groups is 1. The average molecular weight is 681 g/mol. The number of hydrogen-bond donors (Lipinski definition) is 4. The molecule has 5 atom stereocenters. The zero-order valence-corrected chi connectivity index (χ0v) is 28.5. The molecule has 0 bridgehead atoms. The molecule has 0 radical (unpaired) electrons. The van der Waals surface area contributed by atoms with E-state index in [9.17, 15) is 20.1 Å². The number of anilines is 1. The summed E-state index contributed by atoms with van der Waals surface area (Å²) in [6.45, 7) is 9.86. The number of imidazole rings is 1. The van der Waals surface area contributed by atoms with E-state index >= 15 is 0 Å². The Labute approximate surface area is 285 Å². The van der Waals surface area contributed by atoms with Gasteiger partial charge in [-0.15, -0.1) is 0 Å². The molecule has 1 aliphatic heterocycles. The van der Waals surface area contributed by atoms with Gasteiger partial charge in [0.1, 0.15) is 24.1 Å². The molecule has 13 heteroatoms. The Morgan fingerprint density at radius 3 is 2.14 bits per heavy atom. The predicted molar refractivity (Wildman–Crippen MR) is 188 cm³/mol. The van der Waals surface area contributed by atoms with Gasteiger partial charge in [-0.25, -0.2) is 15.0 Å². The number of benzene rings is 3. The number of carbonyl (C=O) groups is 1. The molecule has 1 amide bonds. The molecule has 3 heterocycles. The molecule has 0 aliphatic carbocycles. The number of nitrogens with zero attached hydrogens (tertiary/aromatic N) is 5. The van der Waals surface area contributed by atoms with Gasteiger partial charge in [0.25, 0.3) is 14.2 Å². The Morgan fingerprint density at radius 1 is 0.980 bits per heavy atom.